The van der Waals surface area contributed by atoms with Gasteiger partial charge >= 0.3 is 0 Å². The number of nitrogens with zero attached hydrogens (tertiary/aromatic N) is 5. The summed E-state index contributed by atoms with van der Waals surface area (Å²) in [5, 5.41) is 9.33. The normalized spacial score (nSPS) is 21.4. The SMILES string of the molecule is CC1(C)C[C@@H]2CCCNc3cccc(n3)S(=O)(=O)NC(=O)c3ccc(C4=CCCCO4)nc3N1C2.CC1(C)C[C@H](CCCNc2cccc(S(=O)(=O)NC(=O)c3ccc(C4=CCCCO4)nc3Cl)n2)CN1. The molecule has 2 saturated heterocycles. The molecule has 21 heteroatoms. The summed E-state index contributed by atoms with van der Waals surface area (Å²) in [6, 6.07) is 15.7. The first-order valence-corrected chi connectivity index (χ1v) is 27.6. The lowest BCUT2D eigenvalue weighted by Gasteiger charge is -2.34. The Balaban J connectivity index is 0.000000190. The van der Waals surface area contributed by atoms with Crippen LogP contribution < -0.4 is 30.3 Å². The maximum absolute atomic E-state index is 13.4. The summed E-state index contributed by atoms with van der Waals surface area (Å²) in [7, 11) is -8.39. The fourth-order valence-corrected chi connectivity index (χ4v) is 11.7. The van der Waals surface area contributed by atoms with Gasteiger partial charge < -0.3 is 30.3 Å². The van der Waals surface area contributed by atoms with Crippen molar-refractivity contribution in [2.45, 2.75) is 113 Å². The van der Waals surface area contributed by atoms with Gasteiger partial charge in [-0.3, -0.25) is 9.59 Å². The summed E-state index contributed by atoms with van der Waals surface area (Å²) < 4.78 is 67.4. The third kappa shape index (κ3) is 13.0. The molecule has 4 bridgehead atoms. The first-order chi connectivity index (χ1) is 33.9. The van der Waals surface area contributed by atoms with Crippen LogP contribution in [0.3, 0.4) is 0 Å². The van der Waals surface area contributed by atoms with E-state index in [0.29, 0.717) is 78.5 Å². The number of carbonyl (C=O) groups is 2. The number of anilines is 3. The number of hydrogen-bond acceptors (Lipinski definition) is 16. The van der Waals surface area contributed by atoms with Crippen LogP contribution in [0.2, 0.25) is 5.15 Å². The van der Waals surface area contributed by atoms with Crippen LogP contribution in [0.5, 0.6) is 0 Å². The van der Waals surface area contributed by atoms with Crippen molar-refractivity contribution in [3.63, 3.8) is 0 Å². The van der Waals surface area contributed by atoms with Crippen LogP contribution >= 0.6 is 11.6 Å². The molecule has 0 radical (unpaired) electrons. The van der Waals surface area contributed by atoms with Crippen LogP contribution in [0.25, 0.3) is 11.5 Å². The number of rotatable bonds is 10. The van der Waals surface area contributed by atoms with Crippen molar-refractivity contribution >= 4 is 72.4 Å². The molecule has 18 nitrogen and oxygen atoms in total. The van der Waals surface area contributed by atoms with Crippen LogP contribution in [0.15, 0.2) is 82.9 Å². The molecule has 4 aromatic heterocycles. The Morgan fingerprint density at radius 2 is 1.61 bits per heavy atom. The van der Waals surface area contributed by atoms with Crippen LogP contribution in [-0.2, 0) is 29.5 Å². The van der Waals surface area contributed by atoms with E-state index in [9.17, 15) is 26.4 Å². The highest BCUT2D eigenvalue weighted by Crippen LogP contribution is 2.40. The lowest BCUT2D eigenvalue weighted by molar-refractivity contribution is 0.0972. The van der Waals surface area contributed by atoms with Gasteiger partial charge in [-0.15, -0.1) is 0 Å². The van der Waals surface area contributed by atoms with Crippen LogP contribution in [0, 0.1) is 11.8 Å². The quantitative estimate of drug-likeness (QED) is 0.0762. The van der Waals surface area contributed by atoms with E-state index < -0.39 is 31.9 Å². The summed E-state index contributed by atoms with van der Waals surface area (Å²) in [4.78, 5) is 45.7. The molecule has 9 heterocycles. The van der Waals surface area contributed by atoms with Gasteiger partial charge in [0.1, 0.15) is 45.5 Å². The Bertz CT molecular complexity index is 2910. The number of nitrogens with one attached hydrogen (secondary N) is 5. The van der Waals surface area contributed by atoms with Gasteiger partial charge in [-0.1, -0.05) is 23.7 Å². The predicted octanol–water partition coefficient (Wildman–Crippen LogP) is 7.54. The second-order valence-electron chi connectivity index (χ2n) is 19.8. The van der Waals surface area contributed by atoms with E-state index in [4.69, 9.17) is 26.1 Å². The first-order valence-electron chi connectivity index (χ1n) is 24.3. The molecule has 2 amide bonds. The highest BCUT2D eigenvalue weighted by molar-refractivity contribution is 7.90. The standard InChI is InChI=1S/C25H32ClN5O4S.C25H31N5O4S/c1-25(2)15-17(16-28-25)7-6-13-27-21-9-5-10-22(30-21)36(33,34)31-24(32)18-11-12-19(29-23(18)26)20-8-3-4-14-35-20;1-25(2)15-17-7-6-13-26-21-9-5-10-22(28-21)35(32,33)29-24(31)18-11-12-19(20-8-3-4-14-34-20)27-23(18)30(25)16-17/h5,8-12,17,28H,3-4,6-7,13-16H2,1-2H3,(H,27,30)(H,31,32);5,8-12,17H,3-4,6-7,13-16H2,1-2H3,(H,26,28)(H,29,31)/t2*17-/m00/s1. The van der Waals surface area contributed by atoms with E-state index in [1.807, 2.05) is 16.9 Å². The van der Waals surface area contributed by atoms with Gasteiger partial charge in [-0.25, -0.2) is 29.4 Å². The minimum atomic E-state index is -4.22. The number of pyridine rings is 4. The number of amides is 2. The van der Waals surface area contributed by atoms with Crippen molar-refractivity contribution in [1.29, 1.82) is 0 Å². The minimum absolute atomic E-state index is 0.0562. The van der Waals surface area contributed by atoms with Crippen molar-refractivity contribution in [3.05, 3.63) is 100 Å². The molecule has 71 heavy (non-hydrogen) atoms. The van der Waals surface area contributed by atoms with E-state index in [1.54, 1.807) is 42.5 Å². The lowest BCUT2D eigenvalue weighted by atomic mass is 9.93. The van der Waals surface area contributed by atoms with E-state index >= 15 is 0 Å². The van der Waals surface area contributed by atoms with Crippen molar-refractivity contribution < 1.29 is 35.9 Å². The zero-order chi connectivity index (χ0) is 50.4. The van der Waals surface area contributed by atoms with Gasteiger partial charge in [0.2, 0.25) is 0 Å². The smallest absolute Gasteiger partial charge is 0.281 e. The Labute approximate surface area is 421 Å². The third-order valence-corrected chi connectivity index (χ3v) is 15.9. The topological polar surface area (TPSA) is 236 Å². The van der Waals surface area contributed by atoms with E-state index in [2.05, 4.69) is 68.2 Å². The number of carbonyl (C=O) groups excluding carboxylic acids is 2. The molecular weight excluding hydrogens is 968 g/mol. The molecule has 0 aliphatic carbocycles. The summed E-state index contributed by atoms with van der Waals surface area (Å²) >= 11 is 6.20. The maximum Gasteiger partial charge on any atom is 0.281 e. The molecule has 0 saturated carbocycles. The maximum atomic E-state index is 13.4. The Morgan fingerprint density at radius 1 is 0.887 bits per heavy atom. The largest absolute Gasteiger partial charge is 0.492 e. The number of allylic oxidation sites excluding steroid dienone is 2. The van der Waals surface area contributed by atoms with Crippen LogP contribution in [0.1, 0.15) is 124 Å². The summed E-state index contributed by atoms with van der Waals surface area (Å²) in [5.74, 6) is 2.12. The van der Waals surface area contributed by atoms with Crippen LogP contribution in [-0.4, -0.2) is 99.1 Å². The number of ether oxygens (including phenoxy) is 2. The Morgan fingerprint density at radius 3 is 2.30 bits per heavy atom. The van der Waals surface area contributed by atoms with Crippen molar-refractivity contribution in [1.82, 2.24) is 34.7 Å². The van der Waals surface area contributed by atoms with E-state index in [-0.39, 0.29) is 37.4 Å². The molecule has 0 aromatic carbocycles. The Kier molecular flexibility index (Phi) is 15.9. The summed E-state index contributed by atoms with van der Waals surface area (Å²) in [6.45, 7) is 13.0. The highest BCUT2D eigenvalue weighted by atomic mass is 35.5. The number of fused-ring (bicyclic) bond motifs is 6. The third-order valence-electron chi connectivity index (χ3n) is 13.1. The lowest BCUT2D eigenvalue weighted by Crippen LogP contribution is -2.41. The molecule has 2 fully saturated rings. The molecule has 4 aromatic rings. The zero-order valence-corrected chi connectivity index (χ0v) is 43.0. The van der Waals surface area contributed by atoms with Crippen LogP contribution in [0.4, 0.5) is 17.5 Å². The van der Waals surface area contributed by atoms with Crippen molar-refractivity contribution in [2.75, 3.05) is 54.9 Å². The molecule has 9 rings (SSSR count). The van der Waals surface area contributed by atoms with Crippen molar-refractivity contribution in [2.24, 2.45) is 11.8 Å². The minimum Gasteiger partial charge on any atom is -0.492 e. The number of halogens is 1. The molecule has 5 N–H and O–H groups in total. The van der Waals surface area contributed by atoms with Crippen molar-refractivity contribution in [3.8, 4) is 0 Å². The summed E-state index contributed by atoms with van der Waals surface area (Å²) in [5.41, 5.74) is 1.24. The van der Waals surface area contributed by atoms with Gasteiger partial charge in [0, 0.05) is 30.7 Å². The fraction of sp³-hybridized carbons (Fsp3) is 0.480. The average Bonchev–Trinajstić information content (AvgIpc) is 3.87. The molecule has 0 unspecified atom stereocenters. The summed E-state index contributed by atoms with van der Waals surface area (Å²) in [6.07, 6.45) is 13.6. The second kappa shape index (κ2) is 21.9. The number of sulfonamides is 2. The monoisotopic (exact) mass is 1030 g/mol. The molecule has 380 valence electrons. The van der Waals surface area contributed by atoms with Gasteiger partial charge in [0.05, 0.1) is 24.3 Å². The average molecular weight is 1030 g/mol. The zero-order valence-electron chi connectivity index (χ0n) is 40.6. The Hall–Kier alpha value is -5.83. The van der Waals surface area contributed by atoms with Gasteiger partial charge in [0.25, 0.3) is 31.9 Å². The first kappa shape index (κ1) is 51.5. The molecule has 5 aliphatic rings. The molecular formula is C50H63ClN10O8S2. The number of aromatic nitrogens is 4. The van der Waals surface area contributed by atoms with Gasteiger partial charge in [-0.05, 0) is 171 Å². The second-order valence-corrected chi connectivity index (χ2v) is 23.4. The highest BCUT2D eigenvalue weighted by Gasteiger charge is 2.41. The molecule has 5 aliphatic heterocycles. The van der Waals surface area contributed by atoms with Gasteiger partial charge in [-0.2, -0.15) is 16.8 Å². The van der Waals surface area contributed by atoms with Gasteiger partial charge in [0.15, 0.2) is 10.1 Å². The molecule has 0 spiro atoms. The molecule has 2 atom stereocenters. The van der Waals surface area contributed by atoms with E-state index in [1.165, 1.54) is 18.2 Å². The fourth-order valence-electron chi connectivity index (χ4n) is 9.62. The number of hydrogen-bond donors (Lipinski definition) is 5. The van der Waals surface area contributed by atoms with E-state index in [0.717, 1.165) is 77.3 Å². The predicted molar refractivity (Wildman–Crippen MR) is 273 cm³/mol.